The number of carbonyl (C=O) groups is 1. The molecule has 3 nitrogen and oxygen atoms in total. The van der Waals surface area contributed by atoms with Crippen LogP contribution in [0.4, 0.5) is 0 Å². The Labute approximate surface area is 123 Å². The third kappa shape index (κ3) is 4.42. The van der Waals surface area contributed by atoms with Crippen LogP contribution in [0.3, 0.4) is 0 Å². The Bertz CT molecular complexity index is 411. The van der Waals surface area contributed by atoms with Gasteiger partial charge >= 0.3 is 0 Å². The van der Waals surface area contributed by atoms with E-state index in [-0.39, 0.29) is 5.91 Å². The first-order valence-corrected chi connectivity index (χ1v) is 8.62. The lowest BCUT2D eigenvalue weighted by Crippen LogP contribution is -2.44. The molecule has 2 heterocycles. The van der Waals surface area contributed by atoms with Gasteiger partial charge in [-0.25, -0.2) is 0 Å². The second-order valence-corrected chi connectivity index (χ2v) is 7.36. The molecule has 0 N–H and O–H groups in total. The van der Waals surface area contributed by atoms with Crippen LogP contribution in [0.15, 0.2) is 29.4 Å². The topological polar surface area (TPSA) is 33.2 Å². The predicted octanol–water partition coefficient (Wildman–Crippen LogP) is 2.77. The van der Waals surface area contributed by atoms with Gasteiger partial charge in [0.05, 0.1) is 5.75 Å². The fraction of sp³-hybridized carbons (Fsp3) is 0.571. The fourth-order valence-electron chi connectivity index (χ4n) is 1.98. The quantitative estimate of drug-likeness (QED) is 0.800. The minimum Gasteiger partial charge on any atom is -0.340 e. The minimum absolute atomic E-state index is 0.257. The second-order valence-electron chi connectivity index (χ2n) is 4.96. The number of hydrogen-bond donors (Lipinski definition) is 0. The minimum atomic E-state index is 0.257. The van der Waals surface area contributed by atoms with Crippen molar-refractivity contribution in [2.24, 2.45) is 5.92 Å². The van der Waals surface area contributed by atoms with Crippen molar-refractivity contribution < 1.29 is 4.79 Å². The predicted molar refractivity (Wildman–Crippen MR) is 82.6 cm³/mol. The van der Waals surface area contributed by atoms with Crippen molar-refractivity contribution in [3.05, 3.63) is 24.5 Å². The first-order chi connectivity index (χ1) is 9.16. The Balaban J connectivity index is 1.83. The van der Waals surface area contributed by atoms with Crippen molar-refractivity contribution in [2.75, 3.05) is 24.6 Å². The van der Waals surface area contributed by atoms with Crippen LogP contribution in [-0.2, 0) is 4.79 Å². The molecule has 0 spiro atoms. The van der Waals surface area contributed by atoms with Crippen molar-refractivity contribution in [3.8, 4) is 0 Å². The number of aromatic nitrogens is 1. The van der Waals surface area contributed by atoms with Gasteiger partial charge < -0.3 is 4.90 Å². The number of rotatable bonds is 4. The standard InChI is InChI=1S/C14H20N2OS2/c1-11(2)13-9-16(7-8-18-13)14(17)10-19-12-3-5-15-6-4-12/h3-6,11,13H,7-10H2,1-2H3/t13-/m1/s1. The molecule has 1 aromatic rings. The number of hydrogen-bond acceptors (Lipinski definition) is 4. The molecule has 19 heavy (non-hydrogen) atoms. The van der Waals surface area contributed by atoms with Crippen LogP contribution in [-0.4, -0.2) is 45.6 Å². The Morgan fingerprint density at radius 1 is 1.53 bits per heavy atom. The maximum atomic E-state index is 12.2. The van der Waals surface area contributed by atoms with Crippen LogP contribution in [0.1, 0.15) is 13.8 Å². The number of pyridine rings is 1. The summed E-state index contributed by atoms with van der Waals surface area (Å²) in [6.07, 6.45) is 3.53. The van der Waals surface area contributed by atoms with Gasteiger partial charge in [-0.3, -0.25) is 9.78 Å². The summed E-state index contributed by atoms with van der Waals surface area (Å²) in [5.74, 6) is 2.48. The van der Waals surface area contributed by atoms with E-state index in [4.69, 9.17) is 0 Å². The highest BCUT2D eigenvalue weighted by atomic mass is 32.2. The zero-order chi connectivity index (χ0) is 13.7. The van der Waals surface area contributed by atoms with Crippen LogP contribution < -0.4 is 0 Å². The van der Waals surface area contributed by atoms with Gasteiger partial charge in [-0.1, -0.05) is 13.8 Å². The van der Waals surface area contributed by atoms with Crippen LogP contribution in [0.2, 0.25) is 0 Å². The summed E-state index contributed by atoms with van der Waals surface area (Å²) in [6.45, 7) is 6.26. The van der Waals surface area contributed by atoms with E-state index in [1.807, 2.05) is 28.8 Å². The molecule has 1 amide bonds. The molecule has 1 aliphatic heterocycles. The van der Waals surface area contributed by atoms with Gasteiger partial charge in [-0.2, -0.15) is 11.8 Å². The largest absolute Gasteiger partial charge is 0.340 e. The normalized spacial score (nSPS) is 19.7. The van der Waals surface area contributed by atoms with Gasteiger partial charge in [-0.15, -0.1) is 11.8 Å². The van der Waals surface area contributed by atoms with E-state index in [0.29, 0.717) is 16.9 Å². The van der Waals surface area contributed by atoms with E-state index in [0.717, 1.165) is 23.7 Å². The van der Waals surface area contributed by atoms with Crippen molar-refractivity contribution in [3.63, 3.8) is 0 Å². The summed E-state index contributed by atoms with van der Waals surface area (Å²) < 4.78 is 0. The highest BCUT2D eigenvalue weighted by Gasteiger charge is 2.25. The molecule has 104 valence electrons. The zero-order valence-corrected chi connectivity index (χ0v) is 13.0. The molecule has 0 saturated carbocycles. The van der Waals surface area contributed by atoms with Gasteiger partial charge in [0.2, 0.25) is 5.91 Å². The van der Waals surface area contributed by atoms with Crippen molar-refractivity contribution in [2.45, 2.75) is 24.0 Å². The van der Waals surface area contributed by atoms with E-state index < -0.39 is 0 Å². The molecular weight excluding hydrogens is 276 g/mol. The van der Waals surface area contributed by atoms with E-state index in [2.05, 4.69) is 18.8 Å². The number of amides is 1. The highest BCUT2D eigenvalue weighted by Crippen LogP contribution is 2.26. The molecule has 0 bridgehead atoms. The lowest BCUT2D eigenvalue weighted by Gasteiger charge is -2.34. The summed E-state index contributed by atoms with van der Waals surface area (Å²) >= 11 is 3.59. The molecule has 0 aromatic carbocycles. The summed E-state index contributed by atoms with van der Waals surface area (Å²) in [4.78, 5) is 19.3. The number of carbonyl (C=O) groups excluding carboxylic acids is 1. The Hall–Kier alpha value is -0.680. The Morgan fingerprint density at radius 3 is 2.95 bits per heavy atom. The van der Waals surface area contributed by atoms with Gasteiger partial charge in [0.1, 0.15) is 0 Å². The molecule has 0 unspecified atom stereocenters. The van der Waals surface area contributed by atoms with Gasteiger partial charge in [-0.05, 0) is 18.1 Å². The zero-order valence-electron chi connectivity index (χ0n) is 11.4. The fourth-order valence-corrected chi connectivity index (χ4v) is 4.06. The maximum Gasteiger partial charge on any atom is 0.232 e. The van der Waals surface area contributed by atoms with Crippen molar-refractivity contribution >= 4 is 29.4 Å². The molecule has 1 saturated heterocycles. The molecule has 1 aliphatic rings. The summed E-state index contributed by atoms with van der Waals surface area (Å²) in [7, 11) is 0. The Morgan fingerprint density at radius 2 is 2.26 bits per heavy atom. The van der Waals surface area contributed by atoms with Crippen LogP contribution in [0.5, 0.6) is 0 Å². The molecule has 2 rings (SSSR count). The molecule has 1 aromatic heterocycles. The third-order valence-electron chi connectivity index (χ3n) is 3.20. The first-order valence-electron chi connectivity index (χ1n) is 6.59. The summed E-state index contributed by atoms with van der Waals surface area (Å²) in [5.41, 5.74) is 0. The van der Waals surface area contributed by atoms with E-state index in [1.54, 1.807) is 24.2 Å². The lowest BCUT2D eigenvalue weighted by molar-refractivity contribution is -0.128. The summed E-state index contributed by atoms with van der Waals surface area (Å²) in [6, 6.07) is 3.89. The maximum absolute atomic E-state index is 12.2. The first kappa shape index (κ1) is 14.7. The van der Waals surface area contributed by atoms with Crippen molar-refractivity contribution in [1.82, 2.24) is 9.88 Å². The van der Waals surface area contributed by atoms with Crippen LogP contribution in [0, 0.1) is 5.92 Å². The number of thioether (sulfide) groups is 2. The second kappa shape index (κ2) is 7.20. The van der Waals surface area contributed by atoms with Gasteiger partial charge in [0, 0.05) is 41.4 Å². The summed E-state index contributed by atoms with van der Waals surface area (Å²) in [5, 5.41) is 0.587. The monoisotopic (exact) mass is 296 g/mol. The van der Waals surface area contributed by atoms with Gasteiger partial charge in [0.25, 0.3) is 0 Å². The van der Waals surface area contributed by atoms with E-state index in [9.17, 15) is 4.79 Å². The van der Waals surface area contributed by atoms with E-state index >= 15 is 0 Å². The SMILES string of the molecule is CC(C)[C@H]1CN(C(=O)CSc2ccncc2)CCS1. The van der Waals surface area contributed by atoms with Gasteiger partial charge in [0.15, 0.2) is 0 Å². The molecule has 5 heteroatoms. The molecule has 1 fully saturated rings. The molecule has 0 radical (unpaired) electrons. The van der Waals surface area contributed by atoms with Crippen molar-refractivity contribution in [1.29, 1.82) is 0 Å². The molecule has 1 atom stereocenters. The van der Waals surface area contributed by atoms with Crippen LogP contribution in [0.25, 0.3) is 0 Å². The molecular formula is C14H20N2OS2. The number of nitrogens with zero attached hydrogens (tertiary/aromatic N) is 2. The Kier molecular flexibility index (Phi) is 5.58. The average Bonchev–Trinajstić information content (AvgIpc) is 2.46. The average molecular weight is 296 g/mol. The molecule has 0 aliphatic carbocycles. The van der Waals surface area contributed by atoms with E-state index in [1.165, 1.54) is 0 Å². The highest BCUT2D eigenvalue weighted by molar-refractivity contribution is 8.00. The smallest absolute Gasteiger partial charge is 0.232 e. The lowest BCUT2D eigenvalue weighted by atomic mass is 10.1. The van der Waals surface area contributed by atoms with Crippen LogP contribution >= 0.6 is 23.5 Å². The third-order valence-corrected chi connectivity index (χ3v) is 5.74.